The van der Waals surface area contributed by atoms with Crippen LogP contribution in [0, 0.1) is 11.6 Å². The minimum Gasteiger partial charge on any atom is -0.389 e. The van der Waals surface area contributed by atoms with E-state index in [0.717, 1.165) is 11.0 Å². The van der Waals surface area contributed by atoms with E-state index in [0.29, 0.717) is 0 Å². The zero-order chi connectivity index (χ0) is 13.7. The maximum Gasteiger partial charge on any atom is 0.256 e. The number of nitrogens with zero attached hydrogens (tertiary/aromatic N) is 1. The van der Waals surface area contributed by atoms with Crippen LogP contribution >= 0.6 is 0 Å². The molecule has 1 N–H and O–H groups in total. The second-order valence-electron chi connectivity index (χ2n) is 3.90. The molecule has 0 spiro atoms. The highest BCUT2D eigenvalue weighted by atomic mass is 19.2. The molecule has 18 heavy (non-hydrogen) atoms. The molecule has 0 aliphatic carbocycles. The number of hydrogen-bond acceptors (Lipinski definition) is 3. The lowest BCUT2D eigenvalue weighted by Gasteiger charge is -2.20. The Kier molecular flexibility index (Phi) is 5.18. The fourth-order valence-corrected chi connectivity index (χ4v) is 1.52. The number of rotatable bonds is 5. The zero-order valence-corrected chi connectivity index (χ0v) is 10.2. The number of likely N-dealkylation sites (N-methyl/N-ethyl adjacent to an activating group) is 1. The third kappa shape index (κ3) is 3.48. The van der Waals surface area contributed by atoms with E-state index in [1.807, 2.05) is 0 Å². The summed E-state index contributed by atoms with van der Waals surface area (Å²) in [7, 11) is 2.81. The number of methoxy groups -OCH3 is 1. The Hall–Kier alpha value is -1.53. The number of hydrogen-bond donors (Lipinski definition) is 1. The molecule has 1 unspecified atom stereocenters. The SMILES string of the molecule is COCC(O)CN(C)C(=O)c1cccc(F)c1F. The molecule has 0 fully saturated rings. The van der Waals surface area contributed by atoms with Gasteiger partial charge in [-0.1, -0.05) is 6.07 Å². The van der Waals surface area contributed by atoms with E-state index in [4.69, 9.17) is 4.74 Å². The first-order valence-electron chi connectivity index (χ1n) is 5.33. The Morgan fingerprint density at radius 1 is 1.50 bits per heavy atom. The van der Waals surface area contributed by atoms with Crippen molar-refractivity contribution in [2.24, 2.45) is 0 Å². The summed E-state index contributed by atoms with van der Waals surface area (Å²) in [5.41, 5.74) is -0.359. The lowest BCUT2D eigenvalue weighted by Crippen LogP contribution is -2.36. The smallest absolute Gasteiger partial charge is 0.256 e. The zero-order valence-electron chi connectivity index (χ0n) is 10.2. The van der Waals surface area contributed by atoms with Crippen LogP contribution in [0.1, 0.15) is 10.4 Å². The van der Waals surface area contributed by atoms with E-state index in [9.17, 15) is 18.7 Å². The number of carbonyl (C=O) groups is 1. The van der Waals surface area contributed by atoms with Crippen LogP contribution in [-0.4, -0.2) is 49.3 Å². The number of ether oxygens (including phenoxy) is 1. The fraction of sp³-hybridized carbons (Fsp3) is 0.417. The first-order valence-corrected chi connectivity index (χ1v) is 5.33. The monoisotopic (exact) mass is 259 g/mol. The van der Waals surface area contributed by atoms with Gasteiger partial charge in [0.15, 0.2) is 11.6 Å². The third-order valence-electron chi connectivity index (χ3n) is 2.37. The number of amides is 1. The normalized spacial score (nSPS) is 12.3. The van der Waals surface area contributed by atoms with Gasteiger partial charge in [0, 0.05) is 20.7 Å². The molecule has 1 aromatic carbocycles. The Balaban J connectivity index is 2.77. The van der Waals surface area contributed by atoms with Crippen molar-refractivity contribution in [3.63, 3.8) is 0 Å². The maximum absolute atomic E-state index is 13.4. The van der Waals surface area contributed by atoms with Gasteiger partial charge in [0.05, 0.1) is 18.3 Å². The summed E-state index contributed by atoms with van der Waals surface area (Å²) in [5.74, 6) is -2.95. The highest BCUT2D eigenvalue weighted by Gasteiger charge is 2.20. The molecule has 1 atom stereocenters. The Morgan fingerprint density at radius 3 is 2.78 bits per heavy atom. The van der Waals surface area contributed by atoms with Gasteiger partial charge in [0.25, 0.3) is 5.91 Å². The molecule has 100 valence electrons. The summed E-state index contributed by atoms with van der Waals surface area (Å²) in [5, 5.41) is 9.45. The lowest BCUT2D eigenvalue weighted by atomic mass is 10.1. The van der Waals surface area contributed by atoms with Gasteiger partial charge in [-0.25, -0.2) is 8.78 Å². The Bertz CT molecular complexity index is 426. The van der Waals surface area contributed by atoms with Crippen LogP contribution in [0.4, 0.5) is 8.78 Å². The Morgan fingerprint density at radius 2 is 2.17 bits per heavy atom. The minimum absolute atomic E-state index is 0.0252. The number of aliphatic hydroxyl groups is 1. The van der Waals surface area contributed by atoms with Crippen LogP contribution < -0.4 is 0 Å². The summed E-state index contributed by atoms with van der Waals surface area (Å²) < 4.78 is 31.1. The third-order valence-corrected chi connectivity index (χ3v) is 2.37. The second-order valence-corrected chi connectivity index (χ2v) is 3.90. The maximum atomic E-state index is 13.4. The standard InChI is InChI=1S/C12H15F2NO3/c1-15(6-8(16)7-18-2)12(17)9-4-3-5-10(13)11(9)14/h3-5,8,16H,6-7H2,1-2H3. The second kappa shape index (κ2) is 6.42. The van der Waals surface area contributed by atoms with Gasteiger partial charge in [0.2, 0.25) is 0 Å². The van der Waals surface area contributed by atoms with E-state index in [-0.39, 0.29) is 18.7 Å². The van der Waals surface area contributed by atoms with E-state index in [2.05, 4.69) is 0 Å². The van der Waals surface area contributed by atoms with Gasteiger partial charge in [-0.05, 0) is 12.1 Å². The predicted molar refractivity (Wildman–Crippen MR) is 61.2 cm³/mol. The Labute approximate surface area is 104 Å². The van der Waals surface area contributed by atoms with Crippen LogP contribution in [0.2, 0.25) is 0 Å². The van der Waals surface area contributed by atoms with Gasteiger partial charge in [-0.15, -0.1) is 0 Å². The van der Waals surface area contributed by atoms with E-state index in [1.165, 1.54) is 26.3 Å². The quantitative estimate of drug-likeness (QED) is 0.859. The number of benzene rings is 1. The molecule has 0 heterocycles. The molecule has 1 aromatic rings. The first-order chi connectivity index (χ1) is 8.47. The predicted octanol–water partition coefficient (Wildman–Crippen LogP) is 1.04. The molecule has 0 aliphatic rings. The molecule has 0 aliphatic heterocycles. The van der Waals surface area contributed by atoms with Gasteiger partial charge in [0.1, 0.15) is 0 Å². The van der Waals surface area contributed by atoms with E-state index < -0.39 is 23.6 Å². The van der Waals surface area contributed by atoms with Crippen LogP contribution in [-0.2, 0) is 4.74 Å². The minimum atomic E-state index is -1.18. The van der Waals surface area contributed by atoms with Gasteiger partial charge < -0.3 is 14.7 Å². The topological polar surface area (TPSA) is 49.8 Å². The van der Waals surface area contributed by atoms with Crippen molar-refractivity contribution in [2.45, 2.75) is 6.10 Å². The number of carbonyl (C=O) groups excluding carboxylic acids is 1. The van der Waals surface area contributed by atoms with Gasteiger partial charge in [-0.3, -0.25) is 4.79 Å². The van der Waals surface area contributed by atoms with Crippen molar-refractivity contribution < 1.29 is 23.4 Å². The number of halogens is 2. The lowest BCUT2D eigenvalue weighted by molar-refractivity contribution is 0.0378. The van der Waals surface area contributed by atoms with Crippen LogP contribution in [0.5, 0.6) is 0 Å². The molecule has 0 saturated carbocycles. The molecule has 0 saturated heterocycles. The van der Waals surface area contributed by atoms with Gasteiger partial charge >= 0.3 is 0 Å². The average Bonchev–Trinajstić information content (AvgIpc) is 2.32. The molecular formula is C12H15F2NO3. The summed E-state index contributed by atoms with van der Waals surface area (Å²) in [6, 6.07) is 3.39. The molecule has 0 bridgehead atoms. The van der Waals surface area contributed by atoms with Gasteiger partial charge in [-0.2, -0.15) is 0 Å². The average molecular weight is 259 g/mol. The van der Waals surface area contributed by atoms with Crippen LogP contribution in [0.3, 0.4) is 0 Å². The van der Waals surface area contributed by atoms with Crippen molar-refractivity contribution in [1.29, 1.82) is 0 Å². The van der Waals surface area contributed by atoms with Crippen LogP contribution in [0.25, 0.3) is 0 Å². The van der Waals surface area contributed by atoms with Crippen molar-refractivity contribution in [3.8, 4) is 0 Å². The van der Waals surface area contributed by atoms with Crippen molar-refractivity contribution in [3.05, 3.63) is 35.4 Å². The molecule has 0 radical (unpaired) electrons. The number of aliphatic hydroxyl groups excluding tert-OH is 1. The largest absolute Gasteiger partial charge is 0.389 e. The summed E-state index contributed by atoms with van der Waals surface area (Å²) in [4.78, 5) is 12.9. The summed E-state index contributed by atoms with van der Waals surface area (Å²) >= 11 is 0. The molecule has 0 aromatic heterocycles. The van der Waals surface area contributed by atoms with Crippen molar-refractivity contribution in [2.75, 3.05) is 27.3 Å². The first kappa shape index (κ1) is 14.5. The van der Waals surface area contributed by atoms with Crippen molar-refractivity contribution >= 4 is 5.91 Å². The highest BCUT2D eigenvalue weighted by Crippen LogP contribution is 2.13. The summed E-state index contributed by atoms with van der Waals surface area (Å²) in [6.45, 7) is 0.0336. The molecule has 1 rings (SSSR count). The highest BCUT2D eigenvalue weighted by molar-refractivity contribution is 5.94. The fourth-order valence-electron chi connectivity index (χ4n) is 1.52. The van der Waals surface area contributed by atoms with Crippen molar-refractivity contribution in [1.82, 2.24) is 4.90 Å². The van der Waals surface area contributed by atoms with E-state index in [1.54, 1.807) is 0 Å². The van der Waals surface area contributed by atoms with Crippen LogP contribution in [0.15, 0.2) is 18.2 Å². The van der Waals surface area contributed by atoms with E-state index >= 15 is 0 Å². The molecule has 6 heteroatoms. The molecular weight excluding hydrogens is 244 g/mol. The molecule has 4 nitrogen and oxygen atoms in total. The molecule has 1 amide bonds. The summed E-state index contributed by atoms with van der Waals surface area (Å²) in [6.07, 6.45) is -0.874.